The maximum atomic E-state index is 11.7. The number of hydrogen-bond acceptors (Lipinski definition) is 3. The second-order valence-electron chi connectivity index (χ2n) is 6.80. The van der Waals surface area contributed by atoms with Crippen LogP contribution in [0.2, 0.25) is 0 Å². The number of aliphatic imine (C=N–C) groups is 1. The van der Waals surface area contributed by atoms with Gasteiger partial charge in [0.25, 0.3) is 0 Å². The number of carbonyl (C=O) groups excluding carboxylic acids is 1. The third-order valence-corrected chi connectivity index (χ3v) is 5.56. The molecular weight excluding hydrogens is 356 g/mol. The highest BCUT2D eigenvalue weighted by atomic mass is 32.1. The summed E-state index contributed by atoms with van der Waals surface area (Å²) < 4.78 is 0. The van der Waals surface area contributed by atoms with Gasteiger partial charge in [-0.25, -0.2) is 4.99 Å². The number of carbonyl (C=O) groups is 1. The van der Waals surface area contributed by atoms with E-state index < -0.39 is 0 Å². The number of benzene rings is 1. The molecule has 0 atom stereocenters. The van der Waals surface area contributed by atoms with Crippen molar-refractivity contribution in [3.63, 3.8) is 0 Å². The summed E-state index contributed by atoms with van der Waals surface area (Å²) >= 11 is 1.80. The number of likely N-dealkylation sites (tertiary alicyclic amines) is 1. The third kappa shape index (κ3) is 5.82. The molecule has 2 aromatic rings. The molecule has 2 N–H and O–H groups in total. The summed E-state index contributed by atoms with van der Waals surface area (Å²) in [5.41, 5.74) is 2.34. The van der Waals surface area contributed by atoms with Crippen LogP contribution in [-0.4, -0.2) is 29.9 Å². The largest absolute Gasteiger partial charge is 0.357 e. The quantitative estimate of drug-likeness (QED) is 0.568. The van der Waals surface area contributed by atoms with Gasteiger partial charge < -0.3 is 15.5 Å². The van der Waals surface area contributed by atoms with Crippen molar-refractivity contribution in [2.45, 2.75) is 46.3 Å². The number of hydrogen-bond donors (Lipinski definition) is 2. The standard InChI is InChI=1S/C21H28N4OS/c1-3-22-21(24-14-19-11-6-16(2)27-19)23-13-17-7-9-18(10-8-17)15-25-12-4-5-20(25)26/h6-11H,3-5,12-15H2,1-2H3,(H2,22,23,24). The van der Waals surface area contributed by atoms with E-state index in [1.165, 1.54) is 15.3 Å². The number of guanidine groups is 1. The Morgan fingerprint density at radius 3 is 2.56 bits per heavy atom. The maximum absolute atomic E-state index is 11.7. The molecule has 27 heavy (non-hydrogen) atoms. The lowest BCUT2D eigenvalue weighted by atomic mass is 10.1. The van der Waals surface area contributed by atoms with Gasteiger partial charge in [-0.1, -0.05) is 24.3 Å². The molecule has 1 saturated heterocycles. The highest BCUT2D eigenvalue weighted by Crippen LogP contribution is 2.16. The van der Waals surface area contributed by atoms with Crippen LogP contribution in [0.4, 0.5) is 0 Å². The molecule has 144 valence electrons. The van der Waals surface area contributed by atoms with E-state index >= 15 is 0 Å². The molecule has 1 aromatic heterocycles. The minimum Gasteiger partial charge on any atom is -0.357 e. The predicted molar refractivity (Wildman–Crippen MR) is 112 cm³/mol. The lowest BCUT2D eigenvalue weighted by molar-refractivity contribution is -0.128. The highest BCUT2D eigenvalue weighted by Gasteiger charge is 2.19. The zero-order valence-corrected chi connectivity index (χ0v) is 16.9. The Bertz CT molecular complexity index is 782. The van der Waals surface area contributed by atoms with Gasteiger partial charge in [0.05, 0.1) is 13.1 Å². The minimum atomic E-state index is 0.269. The fourth-order valence-corrected chi connectivity index (χ4v) is 3.93. The summed E-state index contributed by atoms with van der Waals surface area (Å²) in [6.07, 6.45) is 1.68. The molecule has 0 radical (unpaired) electrons. The van der Waals surface area contributed by atoms with Crippen LogP contribution < -0.4 is 10.6 Å². The van der Waals surface area contributed by atoms with Gasteiger partial charge in [0.1, 0.15) is 0 Å². The molecule has 1 amide bonds. The second-order valence-corrected chi connectivity index (χ2v) is 8.17. The monoisotopic (exact) mass is 384 g/mol. The first-order valence-corrected chi connectivity index (χ1v) is 10.4. The molecule has 3 rings (SSSR count). The van der Waals surface area contributed by atoms with Crippen molar-refractivity contribution >= 4 is 23.2 Å². The molecule has 0 unspecified atom stereocenters. The van der Waals surface area contributed by atoms with Gasteiger partial charge in [-0.3, -0.25) is 4.79 Å². The Morgan fingerprint density at radius 2 is 1.93 bits per heavy atom. The van der Waals surface area contributed by atoms with Crippen molar-refractivity contribution < 1.29 is 4.79 Å². The van der Waals surface area contributed by atoms with Crippen LogP contribution in [0, 0.1) is 6.92 Å². The minimum absolute atomic E-state index is 0.269. The average Bonchev–Trinajstić information content (AvgIpc) is 3.27. The third-order valence-electron chi connectivity index (χ3n) is 4.56. The summed E-state index contributed by atoms with van der Waals surface area (Å²) in [4.78, 5) is 21.0. The van der Waals surface area contributed by atoms with Crippen LogP contribution >= 0.6 is 11.3 Å². The molecule has 1 aliphatic heterocycles. The summed E-state index contributed by atoms with van der Waals surface area (Å²) in [7, 11) is 0. The summed E-state index contributed by atoms with van der Waals surface area (Å²) in [5, 5.41) is 6.68. The fraction of sp³-hybridized carbons (Fsp3) is 0.429. The number of amides is 1. The second kappa shape index (κ2) is 9.55. The van der Waals surface area contributed by atoms with E-state index in [2.05, 4.69) is 65.9 Å². The normalized spacial score (nSPS) is 14.7. The van der Waals surface area contributed by atoms with E-state index in [9.17, 15) is 4.79 Å². The summed E-state index contributed by atoms with van der Waals surface area (Å²) in [6.45, 7) is 8.03. The van der Waals surface area contributed by atoms with Crippen molar-refractivity contribution in [3.8, 4) is 0 Å². The van der Waals surface area contributed by atoms with Crippen molar-refractivity contribution in [1.82, 2.24) is 15.5 Å². The Balaban J connectivity index is 1.54. The molecular formula is C21H28N4OS. The van der Waals surface area contributed by atoms with Crippen LogP contribution in [0.25, 0.3) is 0 Å². The van der Waals surface area contributed by atoms with Crippen LogP contribution in [-0.2, 0) is 24.4 Å². The number of thiophene rings is 1. The zero-order chi connectivity index (χ0) is 19.1. The maximum Gasteiger partial charge on any atom is 0.222 e. The van der Waals surface area contributed by atoms with E-state index in [-0.39, 0.29) is 5.91 Å². The van der Waals surface area contributed by atoms with E-state index in [1.807, 2.05) is 4.90 Å². The van der Waals surface area contributed by atoms with Gasteiger partial charge in [0, 0.05) is 35.8 Å². The number of aryl methyl sites for hydroxylation is 1. The smallest absolute Gasteiger partial charge is 0.222 e. The Morgan fingerprint density at radius 1 is 1.15 bits per heavy atom. The molecule has 1 fully saturated rings. The molecule has 0 spiro atoms. The molecule has 0 bridgehead atoms. The first-order chi connectivity index (χ1) is 13.1. The van der Waals surface area contributed by atoms with Gasteiger partial charge >= 0.3 is 0 Å². The SMILES string of the molecule is CCNC(=NCc1ccc(CN2CCCC2=O)cc1)NCc1ccc(C)s1. The Labute approximate surface area is 165 Å². The van der Waals surface area contributed by atoms with Crippen LogP contribution in [0.1, 0.15) is 40.6 Å². The molecule has 0 saturated carbocycles. The molecule has 0 aliphatic carbocycles. The Hall–Kier alpha value is -2.34. The van der Waals surface area contributed by atoms with Gasteiger partial charge in [0.2, 0.25) is 5.91 Å². The summed E-state index contributed by atoms with van der Waals surface area (Å²) in [5.74, 6) is 1.10. The number of rotatable bonds is 7. The van der Waals surface area contributed by atoms with Gasteiger partial charge in [-0.05, 0) is 43.5 Å². The highest BCUT2D eigenvalue weighted by molar-refractivity contribution is 7.11. The van der Waals surface area contributed by atoms with E-state index in [0.717, 1.165) is 37.6 Å². The van der Waals surface area contributed by atoms with Gasteiger partial charge in [-0.2, -0.15) is 0 Å². The Kier molecular flexibility index (Phi) is 6.87. The molecule has 1 aromatic carbocycles. The predicted octanol–water partition coefficient (Wildman–Crippen LogP) is 3.43. The van der Waals surface area contributed by atoms with Crippen molar-refractivity contribution in [2.24, 2.45) is 4.99 Å². The van der Waals surface area contributed by atoms with E-state index in [1.54, 1.807) is 11.3 Å². The average molecular weight is 385 g/mol. The molecule has 5 nitrogen and oxygen atoms in total. The van der Waals surface area contributed by atoms with Crippen molar-refractivity contribution in [3.05, 3.63) is 57.3 Å². The molecule has 2 heterocycles. The molecule has 1 aliphatic rings. The van der Waals surface area contributed by atoms with Crippen LogP contribution in [0.3, 0.4) is 0 Å². The van der Waals surface area contributed by atoms with E-state index in [0.29, 0.717) is 19.5 Å². The lowest BCUT2D eigenvalue weighted by Gasteiger charge is -2.15. The zero-order valence-electron chi connectivity index (χ0n) is 16.1. The topological polar surface area (TPSA) is 56.7 Å². The first kappa shape index (κ1) is 19.4. The van der Waals surface area contributed by atoms with Crippen molar-refractivity contribution in [2.75, 3.05) is 13.1 Å². The fourth-order valence-electron chi connectivity index (χ4n) is 3.10. The lowest BCUT2D eigenvalue weighted by Crippen LogP contribution is -2.36. The number of nitrogens with zero attached hydrogens (tertiary/aromatic N) is 2. The van der Waals surface area contributed by atoms with E-state index in [4.69, 9.17) is 0 Å². The van der Waals surface area contributed by atoms with Gasteiger partial charge in [-0.15, -0.1) is 11.3 Å². The van der Waals surface area contributed by atoms with Crippen molar-refractivity contribution in [1.29, 1.82) is 0 Å². The summed E-state index contributed by atoms with van der Waals surface area (Å²) in [6, 6.07) is 12.7. The number of nitrogens with one attached hydrogen (secondary N) is 2. The first-order valence-electron chi connectivity index (χ1n) is 9.57. The molecule has 6 heteroatoms. The van der Waals surface area contributed by atoms with Crippen LogP contribution in [0.5, 0.6) is 0 Å². The van der Waals surface area contributed by atoms with Gasteiger partial charge in [0.15, 0.2) is 5.96 Å². The van der Waals surface area contributed by atoms with Crippen LogP contribution in [0.15, 0.2) is 41.4 Å².